The van der Waals surface area contributed by atoms with Crippen LogP contribution >= 0.6 is 0 Å². The number of anilines is 2. The molecule has 2 heterocycles. The molecule has 2 aliphatic rings. The van der Waals surface area contributed by atoms with Crippen molar-refractivity contribution in [2.45, 2.75) is 36.5 Å². The summed E-state index contributed by atoms with van der Waals surface area (Å²) in [7, 11) is -7.29. The van der Waals surface area contributed by atoms with Crippen LogP contribution in [0, 0.1) is 0 Å². The molecular formula is C27H38N4O7S2. The molecule has 1 N–H and O–H groups in total. The quantitative estimate of drug-likeness (QED) is 0.420. The molecule has 13 heteroatoms. The summed E-state index contributed by atoms with van der Waals surface area (Å²) >= 11 is 0. The number of morpholine rings is 2. The van der Waals surface area contributed by atoms with Crippen LogP contribution in [0.4, 0.5) is 11.4 Å². The van der Waals surface area contributed by atoms with Crippen LogP contribution in [0.25, 0.3) is 0 Å². The molecule has 0 atom stereocenters. The molecule has 11 nitrogen and oxygen atoms in total. The summed E-state index contributed by atoms with van der Waals surface area (Å²) in [6.45, 7) is 8.03. The Hall–Kier alpha value is -2.55. The third-order valence-electron chi connectivity index (χ3n) is 7.11. The normalized spacial score (nSPS) is 17.2. The van der Waals surface area contributed by atoms with Crippen molar-refractivity contribution in [3.8, 4) is 0 Å². The largest absolute Gasteiger partial charge is 0.379 e. The van der Waals surface area contributed by atoms with E-state index in [2.05, 4.69) is 10.2 Å². The zero-order valence-electron chi connectivity index (χ0n) is 23.0. The van der Waals surface area contributed by atoms with E-state index in [0.717, 1.165) is 11.3 Å². The lowest BCUT2D eigenvalue weighted by Crippen LogP contribution is -2.40. The number of hydrogen-bond acceptors (Lipinski definition) is 8. The van der Waals surface area contributed by atoms with Crippen LogP contribution in [0.5, 0.6) is 0 Å². The fourth-order valence-corrected chi connectivity index (χ4v) is 7.70. The minimum absolute atomic E-state index is 0.126. The van der Waals surface area contributed by atoms with E-state index < -0.39 is 20.0 Å². The summed E-state index contributed by atoms with van der Waals surface area (Å²) in [6.07, 6.45) is 0.541. The summed E-state index contributed by atoms with van der Waals surface area (Å²) < 4.78 is 65.5. The average Bonchev–Trinajstić information content (AvgIpc) is 2.97. The second-order valence-corrected chi connectivity index (χ2v) is 13.5. The average molecular weight is 595 g/mol. The molecule has 2 aromatic rings. The Morgan fingerprint density at radius 1 is 0.850 bits per heavy atom. The monoisotopic (exact) mass is 594 g/mol. The SMILES string of the molecule is CCN(CC)S(=O)(=O)c1ccc(N2CCOCC2)c(NC(=O)CCc2ccc(S(=O)(=O)N3CCOCC3)cc2)c1. The molecule has 4 rings (SSSR count). The van der Waals surface area contributed by atoms with Gasteiger partial charge < -0.3 is 19.7 Å². The lowest BCUT2D eigenvalue weighted by molar-refractivity contribution is -0.116. The molecule has 0 aliphatic carbocycles. The molecule has 0 spiro atoms. The highest BCUT2D eigenvalue weighted by atomic mass is 32.2. The molecule has 220 valence electrons. The van der Waals surface area contributed by atoms with Gasteiger partial charge in [-0.05, 0) is 42.3 Å². The van der Waals surface area contributed by atoms with Gasteiger partial charge in [-0.1, -0.05) is 26.0 Å². The predicted molar refractivity (Wildman–Crippen MR) is 153 cm³/mol. The summed E-state index contributed by atoms with van der Waals surface area (Å²) in [4.78, 5) is 15.4. The Bertz CT molecular complexity index is 1370. The summed E-state index contributed by atoms with van der Waals surface area (Å²) in [5, 5.41) is 2.93. The number of hydrogen-bond donors (Lipinski definition) is 1. The van der Waals surface area contributed by atoms with Crippen molar-refractivity contribution in [3.05, 3.63) is 48.0 Å². The maximum atomic E-state index is 13.2. The molecule has 2 aliphatic heterocycles. The zero-order valence-corrected chi connectivity index (χ0v) is 24.7. The number of ether oxygens (including phenoxy) is 2. The third-order valence-corrected chi connectivity index (χ3v) is 11.1. The second kappa shape index (κ2) is 13.4. The van der Waals surface area contributed by atoms with E-state index in [4.69, 9.17) is 9.47 Å². The standard InChI is InChI=1S/C27H38N4O7S2/c1-3-30(4-2)40(35,36)24-10-11-26(29-13-17-37-18-14-29)25(21-24)28-27(32)12-7-22-5-8-23(9-6-22)39(33,34)31-15-19-38-20-16-31/h5-6,8-11,21H,3-4,7,12-20H2,1-2H3,(H,28,32). The Morgan fingerprint density at radius 3 is 2.02 bits per heavy atom. The molecule has 0 aromatic heterocycles. The Morgan fingerprint density at radius 2 is 1.43 bits per heavy atom. The minimum atomic E-state index is -3.71. The number of nitrogens with one attached hydrogen (secondary N) is 1. The van der Waals surface area contributed by atoms with Crippen LogP contribution in [0.3, 0.4) is 0 Å². The highest BCUT2D eigenvalue weighted by Crippen LogP contribution is 2.31. The minimum Gasteiger partial charge on any atom is -0.379 e. The highest BCUT2D eigenvalue weighted by Gasteiger charge is 2.27. The molecular weight excluding hydrogens is 556 g/mol. The fourth-order valence-electron chi connectivity index (χ4n) is 4.80. The number of aryl methyl sites for hydroxylation is 1. The van der Waals surface area contributed by atoms with E-state index >= 15 is 0 Å². The summed E-state index contributed by atoms with van der Waals surface area (Å²) in [5.74, 6) is -0.267. The topological polar surface area (TPSA) is 126 Å². The van der Waals surface area contributed by atoms with E-state index in [1.165, 1.54) is 14.7 Å². The molecule has 0 radical (unpaired) electrons. The van der Waals surface area contributed by atoms with Crippen LogP contribution in [-0.2, 0) is 40.7 Å². The van der Waals surface area contributed by atoms with Crippen molar-refractivity contribution in [1.29, 1.82) is 0 Å². The van der Waals surface area contributed by atoms with Crippen molar-refractivity contribution < 1.29 is 31.1 Å². The van der Waals surface area contributed by atoms with Crippen LogP contribution in [0.15, 0.2) is 52.3 Å². The number of amides is 1. The number of carbonyl (C=O) groups is 1. The van der Waals surface area contributed by atoms with Crippen LogP contribution < -0.4 is 10.2 Å². The van der Waals surface area contributed by atoms with Crippen LogP contribution in [-0.4, -0.2) is 97.0 Å². The molecule has 40 heavy (non-hydrogen) atoms. The first-order chi connectivity index (χ1) is 19.2. The van der Waals surface area contributed by atoms with E-state index in [0.29, 0.717) is 77.8 Å². The van der Waals surface area contributed by atoms with Gasteiger partial charge in [0, 0.05) is 45.7 Å². The molecule has 0 bridgehead atoms. The first kappa shape index (κ1) is 30.4. The number of sulfonamides is 2. The maximum absolute atomic E-state index is 13.2. The second-order valence-electron chi connectivity index (χ2n) is 9.58. The van der Waals surface area contributed by atoms with Gasteiger partial charge in [0.15, 0.2) is 0 Å². The maximum Gasteiger partial charge on any atom is 0.243 e. The molecule has 0 saturated carbocycles. The predicted octanol–water partition coefficient (Wildman–Crippen LogP) is 2.15. The Kier molecular flexibility index (Phi) is 10.2. The zero-order chi connectivity index (χ0) is 28.8. The van der Waals surface area contributed by atoms with Gasteiger partial charge in [0.1, 0.15) is 0 Å². The first-order valence-electron chi connectivity index (χ1n) is 13.6. The number of nitrogens with zero attached hydrogens (tertiary/aromatic N) is 3. The van der Waals surface area contributed by atoms with E-state index in [9.17, 15) is 21.6 Å². The first-order valence-corrected chi connectivity index (χ1v) is 16.5. The van der Waals surface area contributed by atoms with Crippen molar-refractivity contribution in [1.82, 2.24) is 8.61 Å². The smallest absolute Gasteiger partial charge is 0.243 e. The van der Waals surface area contributed by atoms with Gasteiger partial charge in [-0.15, -0.1) is 0 Å². The molecule has 1 amide bonds. The fraction of sp³-hybridized carbons (Fsp3) is 0.519. The number of carbonyl (C=O) groups excluding carboxylic acids is 1. The van der Waals surface area contributed by atoms with E-state index in [1.54, 1.807) is 50.2 Å². The van der Waals surface area contributed by atoms with Gasteiger partial charge in [0.05, 0.1) is 47.6 Å². The van der Waals surface area contributed by atoms with E-state index in [1.807, 2.05) is 0 Å². The molecule has 2 saturated heterocycles. The number of benzene rings is 2. The van der Waals surface area contributed by atoms with Gasteiger partial charge in [-0.2, -0.15) is 8.61 Å². The van der Waals surface area contributed by atoms with Crippen molar-refractivity contribution >= 4 is 37.3 Å². The van der Waals surface area contributed by atoms with Crippen LogP contribution in [0.1, 0.15) is 25.8 Å². The lowest BCUT2D eigenvalue weighted by atomic mass is 10.1. The number of rotatable bonds is 11. The van der Waals surface area contributed by atoms with Gasteiger partial charge in [0.25, 0.3) is 0 Å². The Balaban J connectivity index is 1.47. The summed E-state index contributed by atoms with van der Waals surface area (Å²) in [5.41, 5.74) is 2.00. The summed E-state index contributed by atoms with van der Waals surface area (Å²) in [6, 6.07) is 11.4. The third kappa shape index (κ3) is 7.01. The molecule has 2 aromatic carbocycles. The van der Waals surface area contributed by atoms with Gasteiger partial charge in [-0.3, -0.25) is 4.79 Å². The van der Waals surface area contributed by atoms with Crippen molar-refractivity contribution in [2.75, 3.05) is 75.9 Å². The van der Waals surface area contributed by atoms with Gasteiger partial charge >= 0.3 is 0 Å². The highest BCUT2D eigenvalue weighted by molar-refractivity contribution is 7.89. The Labute approximate surface area is 237 Å². The van der Waals surface area contributed by atoms with Crippen LogP contribution in [0.2, 0.25) is 0 Å². The van der Waals surface area contributed by atoms with Gasteiger partial charge in [0.2, 0.25) is 26.0 Å². The molecule has 2 fully saturated rings. The van der Waals surface area contributed by atoms with E-state index in [-0.39, 0.29) is 22.1 Å². The van der Waals surface area contributed by atoms with Crippen molar-refractivity contribution in [2.24, 2.45) is 0 Å². The van der Waals surface area contributed by atoms with Crippen molar-refractivity contribution in [3.63, 3.8) is 0 Å². The lowest BCUT2D eigenvalue weighted by Gasteiger charge is -2.31. The molecule has 0 unspecified atom stereocenters. The van der Waals surface area contributed by atoms with Gasteiger partial charge in [-0.25, -0.2) is 16.8 Å².